The van der Waals surface area contributed by atoms with Gasteiger partial charge in [0.25, 0.3) is 5.91 Å². The lowest BCUT2D eigenvalue weighted by atomic mass is 10.1. The molecule has 1 aromatic heterocycles. The number of nitrogens with two attached hydrogens (primary N) is 1. The number of aryl methyl sites for hydroxylation is 1. The van der Waals surface area contributed by atoms with Gasteiger partial charge in [0.1, 0.15) is 5.75 Å². The topological polar surface area (TPSA) is 114 Å². The summed E-state index contributed by atoms with van der Waals surface area (Å²) < 4.78 is 4.81. The van der Waals surface area contributed by atoms with E-state index in [4.69, 9.17) is 10.3 Å². The minimum absolute atomic E-state index is 0.00635. The predicted octanol–water partition coefficient (Wildman–Crippen LogP) is 0.638. The predicted molar refractivity (Wildman–Crippen MR) is 67.6 cm³/mol. The van der Waals surface area contributed by atoms with Crippen LogP contribution in [-0.2, 0) is 6.42 Å². The van der Waals surface area contributed by atoms with Crippen molar-refractivity contribution in [3.8, 4) is 5.75 Å². The number of phenols is 1. The van der Waals surface area contributed by atoms with Crippen molar-refractivity contribution < 1.29 is 14.4 Å². The minimum Gasteiger partial charge on any atom is -0.508 e. The minimum atomic E-state index is -0.353. The summed E-state index contributed by atoms with van der Waals surface area (Å²) in [6, 6.07) is 4.23. The Balaban J connectivity index is 1.92. The molecular weight excluding hydrogens is 248 g/mol. The van der Waals surface area contributed by atoms with Crippen LogP contribution in [0.5, 0.6) is 5.75 Å². The van der Waals surface area contributed by atoms with Crippen LogP contribution < -0.4 is 11.1 Å². The first kappa shape index (κ1) is 12.9. The molecule has 7 nitrogen and oxygen atoms in total. The number of carbonyl (C=O) groups is 1. The second kappa shape index (κ2) is 5.38. The van der Waals surface area contributed by atoms with Crippen LogP contribution in [0.4, 0.5) is 5.69 Å². The molecule has 0 fully saturated rings. The van der Waals surface area contributed by atoms with Gasteiger partial charge in [-0.25, -0.2) is 0 Å². The van der Waals surface area contributed by atoms with Crippen LogP contribution in [0.3, 0.4) is 0 Å². The van der Waals surface area contributed by atoms with Gasteiger partial charge in [-0.05, 0) is 18.2 Å². The molecule has 0 bridgehead atoms. The first-order valence-electron chi connectivity index (χ1n) is 5.72. The third-order valence-electron chi connectivity index (χ3n) is 2.49. The number of nitrogens with zero attached hydrogens (tertiary/aromatic N) is 2. The number of nitrogens with one attached hydrogen (secondary N) is 1. The SMILES string of the molecule is Cc1nc(CCNC(=O)c2cc(O)ccc2N)no1. The van der Waals surface area contributed by atoms with Crippen molar-refractivity contribution in [2.45, 2.75) is 13.3 Å². The molecule has 2 aromatic rings. The van der Waals surface area contributed by atoms with Gasteiger partial charge in [0.15, 0.2) is 5.82 Å². The number of benzene rings is 1. The summed E-state index contributed by atoms with van der Waals surface area (Å²) in [5, 5.41) is 15.7. The van der Waals surface area contributed by atoms with Crippen LogP contribution in [0.25, 0.3) is 0 Å². The van der Waals surface area contributed by atoms with E-state index in [1.807, 2.05) is 0 Å². The number of hydrogen-bond acceptors (Lipinski definition) is 6. The molecule has 0 aliphatic carbocycles. The van der Waals surface area contributed by atoms with Crippen molar-refractivity contribution in [1.82, 2.24) is 15.5 Å². The van der Waals surface area contributed by atoms with Gasteiger partial charge in [-0.15, -0.1) is 0 Å². The van der Waals surface area contributed by atoms with Gasteiger partial charge < -0.3 is 20.7 Å². The third-order valence-corrected chi connectivity index (χ3v) is 2.49. The van der Waals surface area contributed by atoms with Crippen molar-refractivity contribution in [3.05, 3.63) is 35.5 Å². The Kier molecular flexibility index (Phi) is 3.65. The Labute approximate surface area is 109 Å². The summed E-state index contributed by atoms with van der Waals surface area (Å²) in [5.74, 6) is 0.655. The van der Waals surface area contributed by atoms with Crippen LogP contribution in [0.1, 0.15) is 22.1 Å². The van der Waals surface area contributed by atoms with Crippen molar-refractivity contribution in [2.75, 3.05) is 12.3 Å². The second-order valence-electron chi connectivity index (χ2n) is 4.01. The number of aromatic hydroxyl groups is 1. The van der Waals surface area contributed by atoms with Gasteiger partial charge in [0.2, 0.25) is 5.89 Å². The quantitative estimate of drug-likeness (QED) is 0.550. The molecule has 100 valence electrons. The van der Waals surface area contributed by atoms with E-state index >= 15 is 0 Å². The number of rotatable bonds is 4. The molecule has 0 unspecified atom stereocenters. The van der Waals surface area contributed by atoms with Crippen molar-refractivity contribution in [3.63, 3.8) is 0 Å². The zero-order chi connectivity index (χ0) is 13.8. The highest BCUT2D eigenvalue weighted by Gasteiger charge is 2.10. The summed E-state index contributed by atoms with van der Waals surface area (Å²) in [6.45, 7) is 2.05. The number of aromatic nitrogens is 2. The number of carbonyl (C=O) groups excluding carboxylic acids is 1. The standard InChI is InChI=1S/C12H14N4O3/c1-7-15-11(16-19-7)4-5-14-12(18)9-6-8(17)2-3-10(9)13/h2-3,6,17H,4-5,13H2,1H3,(H,14,18). The molecule has 4 N–H and O–H groups in total. The number of hydrogen-bond donors (Lipinski definition) is 3. The molecule has 1 aromatic carbocycles. The highest BCUT2D eigenvalue weighted by atomic mass is 16.5. The number of anilines is 1. The summed E-state index contributed by atoms with van der Waals surface area (Å²) in [7, 11) is 0. The van der Waals surface area contributed by atoms with Crippen molar-refractivity contribution in [2.24, 2.45) is 0 Å². The lowest BCUT2D eigenvalue weighted by molar-refractivity contribution is 0.0954. The lowest BCUT2D eigenvalue weighted by Gasteiger charge is -2.06. The van der Waals surface area contributed by atoms with E-state index in [9.17, 15) is 9.90 Å². The maximum Gasteiger partial charge on any atom is 0.253 e. The highest BCUT2D eigenvalue weighted by Crippen LogP contribution is 2.18. The zero-order valence-electron chi connectivity index (χ0n) is 10.4. The average molecular weight is 262 g/mol. The van der Waals surface area contributed by atoms with E-state index < -0.39 is 0 Å². The molecule has 0 spiro atoms. The molecule has 7 heteroatoms. The molecule has 1 amide bonds. The van der Waals surface area contributed by atoms with Crippen molar-refractivity contribution in [1.29, 1.82) is 0 Å². The molecule has 0 aliphatic heterocycles. The molecule has 1 heterocycles. The smallest absolute Gasteiger partial charge is 0.253 e. The van der Waals surface area contributed by atoms with E-state index in [2.05, 4.69) is 15.5 Å². The molecule has 0 atom stereocenters. The average Bonchev–Trinajstić information content (AvgIpc) is 2.78. The summed E-state index contributed by atoms with van der Waals surface area (Å²) in [6.07, 6.45) is 0.460. The zero-order valence-corrected chi connectivity index (χ0v) is 10.4. The first-order valence-corrected chi connectivity index (χ1v) is 5.72. The molecule has 2 rings (SSSR count). The fourth-order valence-electron chi connectivity index (χ4n) is 1.57. The van der Waals surface area contributed by atoms with Crippen LogP contribution >= 0.6 is 0 Å². The van der Waals surface area contributed by atoms with Crippen LogP contribution in [0.15, 0.2) is 22.7 Å². The maximum absolute atomic E-state index is 11.8. The maximum atomic E-state index is 11.8. The van der Waals surface area contributed by atoms with Crippen molar-refractivity contribution >= 4 is 11.6 Å². The molecule has 0 saturated heterocycles. The molecule has 0 aliphatic rings. The van der Waals surface area contributed by atoms with Gasteiger partial charge in [-0.2, -0.15) is 4.98 Å². The molecular formula is C12H14N4O3. The first-order chi connectivity index (χ1) is 9.06. The Morgan fingerprint density at radius 2 is 2.32 bits per heavy atom. The largest absolute Gasteiger partial charge is 0.508 e. The Bertz CT molecular complexity index is 594. The van der Waals surface area contributed by atoms with Crippen LogP contribution in [-0.4, -0.2) is 27.7 Å². The van der Waals surface area contributed by atoms with Gasteiger partial charge in [0.05, 0.1) is 5.56 Å². The second-order valence-corrected chi connectivity index (χ2v) is 4.01. The van der Waals surface area contributed by atoms with E-state index in [0.29, 0.717) is 30.4 Å². The Morgan fingerprint density at radius 3 is 3.00 bits per heavy atom. The van der Waals surface area contributed by atoms with Gasteiger partial charge in [0, 0.05) is 25.6 Å². The Morgan fingerprint density at radius 1 is 1.53 bits per heavy atom. The van der Waals surface area contributed by atoms with Gasteiger partial charge in [-0.3, -0.25) is 4.79 Å². The highest BCUT2D eigenvalue weighted by molar-refractivity contribution is 5.99. The van der Waals surface area contributed by atoms with E-state index in [1.165, 1.54) is 18.2 Å². The third kappa shape index (κ3) is 3.21. The lowest BCUT2D eigenvalue weighted by Crippen LogP contribution is -2.26. The summed E-state index contributed by atoms with van der Waals surface area (Å²) in [5.41, 5.74) is 6.22. The fraction of sp³-hybridized carbons (Fsp3) is 0.250. The van der Waals surface area contributed by atoms with Gasteiger partial charge >= 0.3 is 0 Å². The fourth-order valence-corrected chi connectivity index (χ4v) is 1.57. The van der Waals surface area contributed by atoms with E-state index in [0.717, 1.165) is 0 Å². The number of phenolic OH excluding ortho intramolecular Hbond substituents is 1. The molecule has 19 heavy (non-hydrogen) atoms. The van der Waals surface area contributed by atoms with E-state index in [1.54, 1.807) is 6.92 Å². The molecule has 0 saturated carbocycles. The summed E-state index contributed by atoms with van der Waals surface area (Å²) >= 11 is 0. The van der Waals surface area contributed by atoms with Crippen LogP contribution in [0, 0.1) is 6.92 Å². The monoisotopic (exact) mass is 262 g/mol. The van der Waals surface area contributed by atoms with Crippen LogP contribution in [0.2, 0.25) is 0 Å². The van der Waals surface area contributed by atoms with E-state index in [-0.39, 0.29) is 17.2 Å². The summed E-state index contributed by atoms with van der Waals surface area (Å²) in [4.78, 5) is 15.9. The number of amides is 1. The van der Waals surface area contributed by atoms with Gasteiger partial charge in [-0.1, -0.05) is 5.16 Å². The molecule has 0 radical (unpaired) electrons. The normalized spacial score (nSPS) is 10.4. The number of nitrogen functional groups attached to an aromatic ring is 1. The Hall–Kier alpha value is -2.57.